The highest BCUT2D eigenvalue weighted by atomic mass is 35.5. The van der Waals surface area contributed by atoms with Gasteiger partial charge >= 0.3 is 0 Å². The molecule has 1 heterocycles. The molecule has 0 saturated heterocycles. The van der Waals surface area contributed by atoms with Crippen LogP contribution in [0.4, 0.5) is 10.1 Å². The molecular formula is C18H13Cl2FN4O. The lowest BCUT2D eigenvalue weighted by Gasteiger charge is -2.08. The van der Waals surface area contributed by atoms with Gasteiger partial charge in [0.2, 0.25) is 0 Å². The lowest BCUT2D eigenvalue weighted by molar-refractivity contribution is 0.619. The van der Waals surface area contributed by atoms with Gasteiger partial charge in [-0.1, -0.05) is 47.5 Å². The molecule has 1 N–H and O–H groups in total. The summed E-state index contributed by atoms with van der Waals surface area (Å²) in [5.74, 6) is -0.342. The minimum atomic E-state index is -0.470. The second kappa shape index (κ2) is 8.12. The molecule has 0 fully saturated rings. The van der Waals surface area contributed by atoms with E-state index in [1.54, 1.807) is 42.6 Å². The van der Waals surface area contributed by atoms with Crippen LogP contribution in [0.1, 0.15) is 11.1 Å². The maximum Gasteiger partial charge on any atom is 0.288 e. The fourth-order valence-corrected chi connectivity index (χ4v) is 2.46. The highest BCUT2D eigenvalue weighted by molar-refractivity contribution is 6.33. The highest BCUT2D eigenvalue weighted by Crippen LogP contribution is 2.16. The fraction of sp³-hybridized carbons (Fsp3) is 0.0556. The number of nitrogens with zero attached hydrogens (tertiary/aromatic N) is 3. The molecule has 0 radical (unpaired) electrons. The van der Waals surface area contributed by atoms with Crippen molar-refractivity contribution in [3.05, 3.63) is 92.1 Å². The number of nitrogens with one attached hydrogen (secondary N) is 1. The Morgan fingerprint density at radius 3 is 2.50 bits per heavy atom. The van der Waals surface area contributed by atoms with Gasteiger partial charge in [0, 0.05) is 5.02 Å². The fourth-order valence-electron chi connectivity index (χ4n) is 2.14. The zero-order chi connectivity index (χ0) is 18.5. The quantitative estimate of drug-likeness (QED) is 0.524. The molecule has 3 rings (SSSR count). The van der Waals surface area contributed by atoms with Gasteiger partial charge in [-0.2, -0.15) is 10.2 Å². The van der Waals surface area contributed by atoms with Crippen LogP contribution < -0.4 is 11.0 Å². The Hall–Kier alpha value is -2.70. The normalized spacial score (nSPS) is 11.0. The van der Waals surface area contributed by atoms with Crippen molar-refractivity contribution in [3.8, 4) is 0 Å². The summed E-state index contributed by atoms with van der Waals surface area (Å²) in [5.41, 5.74) is 4.08. The topological polar surface area (TPSA) is 59.3 Å². The Balaban J connectivity index is 1.73. The molecule has 0 aliphatic heterocycles. The minimum absolute atomic E-state index is 0.0321. The molecule has 0 unspecified atom stereocenters. The van der Waals surface area contributed by atoms with Gasteiger partial charge in [-0.15, -0.1) is 0 Å². The summed E-state index contributed by atoms with van der Waals surface area (Å²) in [6, 6.07) is 12.9. The average molecular weight is 391 g/mol. The Kier molecular flexibility index (Phi) is 5.65. The number of anilines is 1. The molecule has 5 nitrogen and oxygen atoms in total. The SMILES string of the molecule is O=c1c(Cl)c(N/N=C\c2ccc(Cl)cc2)cnn1Cc1ccc(F)cc1. The first-order valence-electron chi connectivity index (χ1n) is 7.57. The van der Waals surface area contributed by atoms with Gasteiger partial charge in [-0.05, 0) is 35.4 Å². The van der Waals surface area contributed by atoms with Crippen molar-refractivity contribution in [1.82, 2.24) is 9.78 Å². The predicted molar refractivity (Wildman–Crippen MR) is 102 cm³/mol. The van der Waals surface area contributed by atoms with Crippen LogP contribution in [0.5, 0.6) is 0 Å². The van der Waals surface area contributed by atoms with Gasteiger partial charge in [0.05, 0.1) is 19.0 Å². The molecule has 0 spiro atoms. The molecule has 1 aromatic heterocycles. The lowest BCUT2D eigenvalue weighted by atomic mass is 10.2. The first kappa shape index (κ1) is 18.1. The maximum absolute atomic E-state index is 12.9. The third-order valence-corrected chi connectivity index (χ3v) is 4.12. The van der Waals surface area contributed by atoms with E-state index in [2.05, 4.69) is 15.6 Å². The third-order valence-electron chi connectivity index (χ3n) is 3.50. The minimum Gasteiger partial charge on any atom is -0.275 e. The summed E-state index contributed by atoms with van der Waals surface area (Å²) < 4.78 is 14.1. The number of halogens is 3. The molecule has 0 aliphatic carbocycles. The van der Waals surface area contributed by atoms with Crippen LogP contribution in [0.3, 0.4) is 0 Å². The number of rotatable bonds is 5. The number of benzene rings is 2. The van der Waals surface area contributed by atoms with Crippen LogP contribution in [0.15, 0.2) is 64.6 Å². The van der Waals surface area contributed by atoms with E-state index in [4.69, 9.17) is 23.2 Å². The number of aromatic nitrogens is 2. The van der Waals surface area contributed by atoms with Gasteiger partial charge in [-0.25, -0.2) is 9.07 Å². The molecule has 8 heteroatoms. The van der Waals surface area contributed by atoms with Crippen molar-refractivity contribution in [3.63, 3.8) is 0 Å². The summed E-state index contributed by atoms with van der Waals surface area (Å²) in [7, 11) is 0. The standard InChI is InChI=1S/C18H13Cl2FN4O/c19-14-5-1-12(2-6-14)9-22-24-16-10-23-25(18(26)17(16)20)11-13-3-7-15(21)8-4-13/h1-10,24H,11H2/b22-9-. The average Bonchev–Trinajstić information content (AvgIpc) is 2.64. The zero-order valence-corrected chi connectivity index (χ0v) is 14.9. The van der Waals surface area contributed by atoms with E-state index in [1.807, 2.05) is 0 Å². The van der Waals surface area contributed by atoms with Gasteiger partial charge < -0.3 is 0 Å². The van der Waals surface area contributed by atoms with Crippen molar-refractivity contribution in [2.75, 3.05) is 5.43 Å². The van der Waals surface area contributed by atoms with Crippen molar-refractivity contribution in [1.29, 1.82) is 0 Å². The Labute approximate surface area is 158 Å². The van der Waals surface area contributed by atoms with Crippen LogP contribution in [0.2, 0.25) is 10.0 Å². The molecular weight excluding hydrogens is 378 g/mol. The van der Waals surface area contributed by atoms with E-state index >= 15 is 0 Å². The largest absolute Gasteiger partial charge is 0.288 e. The summed E-state index contributed by atoms with van der Waals surface area (Å²) in [4.78, 5) is 12.3. The maximum atomic E-state index is 12.9. The first-order chi connectivity index (χ1) is 12.5. The number of hydrazone groups is 1. The first-order valence-corrected chi connectivity index (χ1v) is 8.33. The van der Waals surface area contributed by atoms with Crippen molar-refractivity contribution in [2.24, 2.45) is 5.10 Å². The summed E-state index contributed by atoms with van der Waals surface area (Å²) in [5, 5.41) is 8.70. The molecule has 2 aromatic carbocycles. The monoisotopic (exact) mass is 390 g/mol. The molecule has 132 valence electrons. The van der Waals surface area contributed by atoms with Crippen molar-refractivity contribution in [2.45, 2.75) is 6.54 Å². The van der Waals surface area contributed by atoms with E-state index in [1.165, 1.54) is 23.0 Å². The van der Waals surface area contributed by atoms with Crippen LogP contribution >= 0.6 is 23.2 Å². The van der Waals surface area contributed by atoms with Crippen LogP contribution in [0.25, 0.3) is 0 Å². The highest BCUT2D eigenvalue weighted by Gasteiger charge is 2.09. The second-order valence-electron chi connectivity index (χ2n) is 5.38. The smallest absolute Gasteiger partial charge is 0.275 e. The van der Waals surface area contributed by atoms with Crippen LogP contribution in [-0.2, 0) is 6.54 Å². The Morgan fingerprint density at radius 1 is 1.12 bits per heavy atom. The zero-order valence-electron chi connectivity index (χ0n) is 13.4. The molecule has 0 aliphatic rings. The predicted octanol–water partition coefficient (Wildman–Crippen LogP) is 4.18. The molecule has 0 bridgehead atoms. The van der Waals surface area contributed by atoms with Gasteiger partial charge in [0.25, 0.3) is 5.56 Å². The molecule has 3 aromatic rings. The molecule has 26 heavy (non-hydrogen) atoms. The summed E-state index contributed by atoms with van der Waals surface area (Å²) in [6.07, 6.45) is 2.98. The second-order valence-corrected chi connectivity index (χ2v) is 6.20. The van der Waals surface area contributed by atoms with Gasteiger partial charge in [0.1, 0.15) is 16.5 Å². The van der Waals surface area contributed by atoms with E-state index in [-0.39, 0.29) is 23.1 Å². The summed E-state index contributed by atoms with van der Waals surface area (Å²) >= 11 is 11.9. The molecule has 0 saturated carbocycles. The van der Waals surface area contributed by atoms with E-state index in [0.717, 1.165) is 11.1 Å². The Morgan fingerprint density at radius 2 is 1.81 bits per heavy atom. The van der Waals surface area contributed by atoms with Gasteiger partial charge in [-0.3, -0.25) is 10.2 Å². The van der Waals surface area contributed by atoms with E-state index in [0.29, 0.717) is 5.02 Å². The van der Waals surface area contributed by atoms with Gasteiger partial charge in [0.15, 0.2) is 0 Å². The molecule has 0 atom stereocenters. The van der Waals surface area contributed by atoms with E-state index in [9.17, 15) is 9.18 Å². The summed E-state index contributed by atoms with van der Waals surface area (Å²) in [6.45, 7) is 0.188. The number of hydrogen-bond acceptors (Lipinski definition) is 4. The van der Waals surface area contributed by atoms with Crippen LogP contribution in [-0.4, -0.2) is 16.0 Å². The number of hydrogen-bond donors (Lipinski definition) is 1. The Bertz CT molecular complexity index is 986. The van der Waals surface area contributed by atoms with Crippen molar-refractivity contribution >= 4 is 35.1 Å². The van der Waals surface area contributed by atoms with Crippen LogP contribution in [0, 0.1) is 5.82 Å². The molecule has 0 amide bonds. The lowest BCUT2D eigenvalue weighted by Crippen LogP contribution is -2.24. The third kappa shape index (κ3) is 4.47. The van der Waals surface area contributed by atoms with Crippen molar-refractivity contribution < 1.29 is 4.39 Å². The van der Waals surface area contributed by atoms with E-state index < -0.39 is 5.56 Å².